The third kappa shape index (κ3) is 4.08. The number of anilines is 1. The van der Waals surface area contributed by atoms with E-state index in [0.29, 0.717) is 16.5 Å². The second-order valence-corrected chi connectivity index (χ2v) is 8.23. The monoisotopic (exact) mass is 436 g/mol. The quantitative estimate of drug-likeness (QED) is 0.356. The normalized spacial score (nSPS) is 10.8. The van der Waals surface area contributed by atoms with Gasteiger partial charge in [0, 0.05) is 28.1 Å². The van der Waals surface area contributed by atoms with Gasteiger partial charge in [0.25, 0.3) is 5.91 Å². The first kappa shape index (κ1) is 19.9. The third-order valence-electron chi connectivity index (χ3n) is 5.08. The van der Waals surface area contributed by atoms with Crippen molar-refractivity contribution in [2.75, 3.05) is 5.32 Å². The summed E-state index contributed by atoms with van der Waals surface area (Å²) in [5, 5.41) is 10.5. The van der Waals surface area contributed by atoms with Gasteiger partial charge in [-0.3, -0.25) is 4.79 Å². The minimum absolute atomic E-state index is 0.193. The van der Waals surface area contributed by atoms with Crippen molar-refractivity contribution in [3.8, 4) is 27.6 Å². The minimum Gasteiger partial charge on any atom is -0.306 e. The number of amides is 1. The molecule has 0 bridgehead atoms. The van der Waals surface area contributed by atoms with Crippen LogP contribution in [0.1, 0.15) is 15.9 Å². The molecule has 0 aliphatic carbocycles. The maximum absolute atomic E-state index is 12.8. The highest BCUT2D eigenvalue weighted by atomic mass is 32.1. The van der Waals surface area contributed by atoms with Gasteiger partial charge in [0.1, 0.15) is 5.82 Å². The number of carbonyl (C=O) groups is 1. The molecule has 5 nitrogen and oxygen atoms in total. The maximum atomic E-state index is 12.8. The van der Waals surface area contributed by atoms with E-state index in [9.17, 15) is 4.79 Å². The van der Waals surface area contributed by atoms with Crippen molar-refractivity contribution >= 4 is 23.1 Å². The Morgan fingerprint density at radius 1 is 0.844 bits per heavy atom. The molecule has 0 aliphatic heterocycles. The highest BCUT2D eigenvalue weighted by molar-refractivity contribution is 7.12. The van der Waals surface area contributed by atoms with E-state index < -0.39 is 0 Å². The highest BCUT2D eigenvalue weighted by Gasteiger charge is 2.17. The second kappa shape index (κ2) is 8.61. The van der Waals surface area contributed by atoms with Crippen molar-refractivity contribution in [3.63, 3.8) is 0 Å². The standard InChI is InChI=1S/C26H20N4OS/c1-18-12-14-20(15-13-18)22-16-24(28-25(31)21-10-6-3-7-11-21)30(29-22)26-27-23(17-32-26)19-8-4-2-5-9-19/h2-17H,1H3,(H,28,31). The van der Waals surface area contributed by atoms with E-state index in [1.807, 2.05) is 84.2 Å². The minimum atomic E-state index is -0.193. The molecule has 5 rings (SSSR count). The summed E-state index contributed by atoms with van der Waals surface area (Å²) in [7, 11) is 0. The topological polar surface area (TPSA) is 59.8 Å². The van der Waals surface area contributed by atoms with Crippen LogP contribution in [0.3, 0.4) is 0 Å². The Morgan fingerprint density at radius 3 is 2.22 bits per heavy atom. The lowest BCUT2D eigenvalue weighted by molar-refractivity contribution is 0.102. The lowest BCUT2D eigenvalue weighted by Crippen LogP contribution is -2.14. The first-order chi connectivity index (χ1) is 15.7. The van der Waals surface area contributed by atoms with Crippen LogP contribution >= 0.6 is 11.3 Å². The SMILES string of the molecule is Cc1ccc(-c2cc(NC(=O)c3ccccc3)n(-c3nc(-c4ccccc4)cs3)n2)cc1. The molecule has 6 heteroatoms. The Balaban J connectivity index is 1.55. The summed E-state index contributed by atoms with van der Waals surface area (Å²) in [6, 6.07) is 29.2. The molecule has 5 aromatic rings. The van der Waals surface area contributed by atoms with Crippen LogP contribution in [-0.2, 0) is 0 Å². The van der Waals surface area contributed by atoms with Crippen LogP contribution in [0, 0.1) is 6.92 Å². The van der Waals surface area contributed by atoms with E-state index in [0.717, 1.165) is 22.5 Å². The fraction of sp³-hybridized carbons (Fsp3) is 0.0385. The zero-order chi connectivity index (χ0) is 21.9. The number of nitrogens with one attached hydrogen (secondary N) is 1. The number of thiazole rings is 1. The lowest BCUT2D eigenvalue weighted by atomic mass is 10.1. The van der Waals surface area contributed by atoms with E-state index in [-0.39, 0.29) is 5.91 Å². The number of aryl methyl sites for hydroxylation is 1. The third-order valence-corrected chi connectivity index (χ3v) is 5.89. The first-order valence-corrected chi connectivity index (χ1v) is 11.1. The van der Waals surface area contributed by atoms with Crippen molar-refractivity contribution in [1.29, 1.82) is 0 Å². The molecule has 2 heterocycles. The summed E-state index contributed by atoms with van der Waals surface area (Å²) in [6.07, 6.45) is 0. The first-order valence-electron chi connectivity index (χ1n) is 10.2. The van der Waals surface area contributed by atoms with Crippen molar-refractivity contribution in [1.82, 2.24) is 14.8 Å². The van der Waals surface area contributed by atoms with Crippen molar-refractivity contribution < 1.29 is 4.79 Å². The summed E-state index contributed by atoms with van der Waals surface area (Å²) in [5.74, 6) is 0.380. The van der Waals surface area contributed by atoms with Gasteiger partial charge in [-0.25, -0.2) is 4.98 Å². The van der Waals surface area contributed by atoms with Crippen molar-refractivity contribution in [2.24, 2.45) is 0 Å². The molecular weight excluding hydrogens is 416 g/mol. The Hall–Kier alpha value is -4.03. The molecule has 1 amide bonds. The van der Waals surface area contributed by atoms with Gasteiger partial charge in [-0.1, -0.05) is 78.4 Å². The fourth-order valence-corrected chi connectivity index (χ4v) is 4.16. The zero-order valence-electron chi connectivity index (χ0n) is 17.4. The number of aromatic nitrogens is 3. The number of hydrogen-bond donors (Lipinski definition) is 1. The highest BCUT2D eigenvalue weighted by Crippen LogP contribution is 2.29. The summed E-state index contributed by atoms with van der Waals surface area (Å²) < 4.78 is 1.70. The smallest absolute Gasteiger partial charge is 0.256 e. The number of hydrogen-bond acceptors (Lipinski definition) is 4. The van der Waals surface area contributed by atoms with E-state index in [1.54, 1.807) is 16.8 Å². The molecular formula is C26H20N4OS. The molecule has 2 aromatic heterocycles. The van der Waals surface area contributed by atoms with Gasteiger partial charge in [-0.2, -0.15) is 9.78 Å². The van der Waals surface area contributed by atoms with Crippen LogP contribution in [0.2, 0.25) is 0 Å². The average molecular weight is 437 g/mol. The molecule has 156 valence electrons. The lowest BCUT2D eigenvalue weighted by Gasteiger charge is -2.06. The van der Waals surface area contributed by atoms with Crippen LogP contribution in [0.5, 0.6) is 0 Å². The van der Waals surface area contributed by atoms with E-state index in [1.165, 1.54) is 16.9 Å². The number of benzene rings is 3. The van der Waals surface area contributed by atoms with Crippen LogP contribution in [0.15, 0.2) is 96.4 Å². The van der Waals surface area contributed by atoms with Gasteiger partial charge < -0.3 is 5.32 Å². The molecule has 32 heavy (non-hydrogen) atoms. The fourth-order valence-electron chi connectivity index (χ4n) is 3.36. The molecule has 0 saturated carbocycles. The van der Waals surface area contributed by atoms with Crippen LogP contribution in [0.25, 0.3) is 27.6 Å². The van der Waals surface area contributed by atoms with E-state index in [4.69, 9.17) is 10.1 Å². The summed E-state index contributed by atoms with van der Waals surface area (Å²) >= 11 is 1.48. The van der Waals surface area contributed by atoms with Crippen molar-refractivity contribution in [3.05, 3.63) is 108 Å². The van der Waals surface area contributed by atoms with Gasteiger partial charge in [0.05, 0.1) is 11.4 Å². The molecule has 0 fully saturated rings. The van der Waals surface area contributed by atoms with Crippen LogP contribution in [-0.4, -0.2) is 20.7 Å². The van der Waals surface area contributed by atoms with Gasteiger partial charge >= 0.3 is 0 Å². The van der Waals surface area contributed by atoms with Crippen LogP contribution < -0.4 is 5.32 Å². The van der Waals surface area contributed by atoms with Gasteiger partial charge in [-0.05, 0) is 19.1 Å². The number of rotatable bonds is 5. The zero-order valence-corrected chi connectivity index (χ0v) is 18.2. The predicted molar refractivity (Wildman–Crippen MR) is 129 cm³/mol. The Morgan fingerprint density at radius 2 is 1.50 bits per heavy atom. The molecule has 3 aromatic carbocycles. The molecule has 0 unspecified atom stereocenters. The molecule has 1 N–H and O–H groups in total. The summed E-state index contributed by atoms with van der Waals surface area (Å²) in [4.78, 5) is 17.6. The summed E-state index contributed by atoms with van der Waals surface area (Å²) in [6.45, 7) is 2.05. The van der Waals surface area contributed by atoms with Crippen LogP contribution in [0.4, 0.5) is 5.82 Å². The molecule has 0 spiro atoms. The second-order valence-electron chi connectivity index (χ2n) is 7.39. The predicted octanol–water partition coefficient (Wildman–Crippen LogP) is 6.22. The Bertz CT molecular complexity index is 1360. The summed E-state index contributed by atoms with van der Waals surface area (Å²) in [5.41, 5.74) is 5.42. The van der Waals surface area contributed by atoms with E-state index >= 15 is 0 Å². The van der Waals surface area contributed by atoms with Gasteiger partial charge in [0.15, 0.2) is 0 Å². The maximum Gasteiger partial charge on any atom is 0.256 e. The molecule has 0 radical (unpaired) electrons. The number of nitrogens with zero attached hydrogens (tertiary/aromatic N) is 3. The Labute approximate surface area is 190 Å². The van der Waals surface area contributed by atoms with E-state index in [2.05, 4.69) is 12.2 Å². The van der Waals surface area contributed by atoms with Gasteiger partial charge in [0.2, 0.25) is 5.13 Å². The average Bonchev–Trinajstić information content (AvgIpc) is 3.48. The molecule has 0 atom stereocenters. The van der Waals surface area contributed by atoms with Crippen molar-refractivity contribution in [2.45, 2.75) is 6.92 Å². The van der Waals surface area contributed by atoms with Gasteiger partial charge in [-0.15, -0.1) is 11.3 Å². The molecule has 0 saturated heterocycles. The Kier molecular flexibility index (Phi) is 5.35. The largest absolute Gasteiger partial charge is 0.306 e. The number of carbonyl (C=O) groups excluding carboxylic acids is 1. The molecule has 0 aliphatic rings.